The molecule has 0 aliphatic rings. The van der Waals surface area contributed by atoms with Crippen LogP contribution >= 0.6 is 0 Å². The molecule has 6 nitrogen and oxygen atoms in total. The minimum atomic E-state index is -0.484. The van der Waals surface area contributed by atoms with E-state index in [1.807, 2.05) is 13.8 Å². The lowest BCUT2D eigenvalue weighted by Gasteiger charge is -2.09. The number of methoxy groups -OCH3 is 1. The van der Waals surface area contributed by atoms with Gasteiger partial charge in [-0.05, 0) is 26.0 Å². The molecular formula is C13H16N2O4. The molecule has 1 atom stereocenters. The van der Waals surface area contributed by atoms with Crippen LogP contribution < -0.4 is 5.32 Å². The molecule has 2 rings (SSSR count). The number of esters is 1. The van der Waals surface area contributed by atoms with E-state index >= 15 is 0 Å². The van der Waals surface area contributed by atoms with Crippen LogP contribution in [0.1, 0.15) is 40.9 Å². The zero-order valence-electron chi connectivity index (χ0n) is 11.1. The molecule has 0 saturated heterocycles. The maximum atomic E-state index is 11.3. The zero-order valence-corrected chi connectivity index (χ0v) is 11.1. The van der Waals surface area contributed by atoms with Crippen LogP contribution in [-0.2, 0) is 11.3 Å². The summed E-state index contributed by atoms with van der Waals surface area (Å²) in [5, 5.41) is 3.20. The summed E-state index contributed by atoms with van der Waals surface area (Å²) in [5.74, 6) is 1.75. The second-order valence-electron chi connectivity index (χ2n) is 4.16. The van der Waals surface area contributed by atoms with Gasteiger partial charge < -0.3 is 13.6 Å². The van der Waals surface area contributed by atoms with Crippen molar-refractivity contribution >= 4 is 5.97 Å². The van der Waals surface area contributed by atoms with Gasteiger partial charge in [0.15, 0.2) is 0 Å². The molecule has 2 heterocycles. The van der Waals surface area contributed by atoms with Gasteiger partial charge in [0, 0.05) is 0 Å². The van der Waals surface area contributed by atoms with E-state index in [1.54, 1.807) is 18.3 Å². The Balaban J connectivity index is 1.94. The van der Waals surface area contributed by atoms with Gasteiger partial charge in [-0.1, -0.05) is 0 Å². The number of rotatable bonds is 5. The number of nitrogens with zero attached hydrogens (tertiary/aromatic N) is 1. The Morgan fingerprint density at radius 2 is 2.26 bits per heavy atom. The summed E-state index contributed by atoms with van der Waals surface area (Å²) < 4.78 is 15.3. The van der Waals surface area contributed by atoms with Gasteiger partial charge in [-0.25, -0.2) is 9.78 Å². The third-order valence-corrected chi connectivity index (χ3v) is 2.67. The van der Waals surface area contributed by atoms with Crippen LogP contribution in [0, 0.1) is 6.92 Å². The van der Waals surface area contributed by atoms with Crippen LogP contribution in [0.2, 0.25) is 0 Å². The van der Waals surface area contributed by atoms with Gasteiger partial charge in [0.2, 0.25) is 11.7 Å². The van der Waals surface area contributed by atoms with E-state index < -0.39 is 5.97 Å². The number of carbonyl (C=O) groups is 1. The molecular weight excluding hydrogens is 248 g/mol. The first-order valence-electron chi connectivity index (χ1n) is 5.93. The number of nitrogens with one attached hydrogen (secondary N) is 1. The predicted molar refractivity (Wildman–Crippen MR) is 66.5 cm³/mol. The Hall–Kier alpha value is -2.08. The molecule has 0 saturated carbocycles. The minimum absolute atomic E-state index is 0.0642. The van der Waals surface area contributed by atoms with Crippen molar-refractivity contribution in [2.45, 2.75) is 26.4 Å². The van der Waals surface area contributed by atoms with E-state index in [9.17, 15) is 4.79 Å². The molecule has 102 valence electrons. The average Bonchev–Trinajstić information content (AvgIpc) is 3.04. The van der Waals surface area contributed by atoms with Crippen LogP contribution in [0.4, 0.5) is 0 Å². The Morgan fingerprint density at radius 3 is 2.89 bits per heavy atom. The molecule has 0 spiro atoms. The molecule has 0 aliphatic carbocycles. The van der Waals surface area contributed by atoms with Crippen molar-refractivity contribution in [3.05, 3.63) is 41.5 Å². The van der Waals surface area contributed by atoms with Crippen molar-refractivity contribution in [1.82, 2.24) is 10.3 Å². The maximum absolute atomic E-state index is 11.3. The molecule has 0 bridgehead atoms. The third-order valence-electron chi connectivity index (χ3n) is 2.67. The molecule has 0 fully saturated rings. The highest BCUT2D eigenvalue weighted by Gasteiger charge is 2.15. The van der Waals surface area contributed by atoms with Crippen molar-refractivity contribution < 1.29 is 18.4 Å². The first-order chi connectivity index (χ1) is 9.10. The van der Waals surface area contributed by atoms with Gasteiger partial charge in [0.05, 0.1) is 25.9 Å². The highest BCUT2D eigenvalue weighted by Crippen LogP contribution is 2.17. The quantitative estimate of drug-likeness (QED) is 0.834. The summed E-state index contributed by atoms with van der Waals surface area (Å²) in [5.41, 5.74) is 0. The lowest BCUT2D eigenvalue weighted by molar-refractivity contribution is 0.0562. The Morgan fingerprint density at radius 1 is 1.47 bits per heavy atom. The summed E-state index contributed by atoms with van der Waals surface area (Å²) in [4.78, 5) is 15.4. The predicted octanol–water partition coefficient (Wildman–Crippen LogP) is 2.21. The molecule has 0 amide bonds. The number of aryl methyl sites for hydroxylation is 1. The van der Waals surface area contributed by atoms with E-state index in [1.165, 1.54) is 7.11 Å². The van der Waals surface area contributed by atoms with E-state index in [0.29, 0.717) is 18.2 Å². The van der Waals surface area contributed by atoms with Gasteiger partial charge in [-0.15, -0.1) is 0 Å². The molecule has 0 aromatic carbocycles. The second-order valence-corrected chi connectivity index (χ2v) is 4.16. The van der Waals surface area contributed by atoms with Crippen molar-refractivity contribution in [3.63, 3.8) is 0 Å². The molecule has 2 aromatic rings. The molecule has 1 unspecified atom stereocenters. The van der Waals surface area contributed by atoms with Crippen LogP contribution in [0.5, 0.6) is 0 Å². The summed E-state index contributed by atoms with van der Waals surface area (Å²) >= 11 is 0. The average molecular weight is 264 g/mol. The number of furan rings is 1. The first-order valence-corrected chi connectivity index (χ1v) is 5.93. The number of hydrogen-bond donors (Lipinski definition) is 1. The van der Waals surface area contributed by atoms with Crippen LogP contribution in [-0.4, -0.2) is 18.1 Å². The fourth-order valence-electron chi connectivity index (χ4n) is 1.62. The first kappa shape index (κ1) is 13.4. The highest BCUT2D eigenvalue weighted by molar-refractivity contribution is 5.86. The summed E-state index contributed by atoms with van der Waals surface area (Å²) in [6.45, 7) is 4.26. The Bertz CT molecular complexity index is 558. The normalized spacial score (nSPS) is 12.4. The van der Waals surface area contributed by atoms with Crippen molar-refractivity contribution in [1.29, 1.82) is 0 Å². The molecule has 1 N–H and O–H groups in total. The number of aromatic nitrogens is 1. The Labute approximate surface area is 110 Å². The smallest absolute Gasteiger partial charge is 0.373 e. The molecule has 0 radical (unpaired) electrons. The van der Waals surface area contributed by atoms with Gasteiger partial charge in [0.25, 0.3) is 0 Å². The molecule has 0 aliphatic heterocycles. The summed E-state index contributed by atoms with van der Waals surface area (Å²) in [6, 6.07) is 3.27. The maximum Gasteiger partial charge on any atom is 0.373 e. The fraction of sp³-hybridized carbons (Fsp3) is 0.385. The monoisotopic (exact) mass is 264 g/mol. The summed E-state index contributed by atoms with van der Waals surface area (Å²) in [6.07, 6.45) is 1.67. The lowest BCUT2D eigenvalue weighted by Crippen LogP contribution is -2.17. The molecule has 19 heavy (non-hydrogen) atoms. The minimum Gasteiger partial charge on any atom is -0.463 e. The highest BCUT2D eigenvalue weighted by atomic mass is 16.5. The number of carbonyl (C=O) groups excluding carboxylic acids is 1. The van der Waals surface area contributed by atoms with E-state index in [4.69, 9.17) is 8.83 Å². The van der Waals surface area contributed by atoms with Crippen molar-refractivity contribution in [3.8, 4) is 0 Å². The van der Waals surface area contributed by atoms with Gasteiger partial charge in [-0.2, -0.15) is 0 Å². The van der Waals surface area contributed by atoms with Crippen molar-refractivity contribution in [2.24, 2.45) is 0 Å². The van der Waals surface area contributed by atoms with Crippen LogP contribution in [0.15, 0.2) is 27.2 Å². The lowest BCUT2D eigenvalue weighted by atomic mass is 10.2. The summed E-state index contributed by atoms with van der Waals surface area (Å²) in [7, 11) is 1.32. The van der Waals surface area contributed by atoms with Crippen LogP contribution in [0.25, 0.3) is 0 Å². The fourth-order valence-corrected chi connectivity index (χ4v) is 1.62. The number of ether oxygens (including phenoxy) is 1. The largest absolute Gasteiger partial charge is 0.463 e. The number of hydrogen-bond acceptors (Lipinski definition) is 6. The van der Waals surface area contributed by atoms with Crippen molar-refractivity contribution in [2.75, 3.05) is 7.11 Å². The van der Waals surface area contributed by atoms with Gasteiger partial charge in [-0.3, -0.25) is 5.32 Å². The van der Waals surface area contributed by atoms with E-state index in [-0.39, 0.29) is 11.8 Å². The van der Waals surface area contributed by atoms with E-state index in [2.05, 4.69) is 15.0 Å². The van der Waals surface area contributed by atoms with Gasteiger partial charge >= 0.3 is 5.97 Å². The number of oxazole rings is 1. The molecule has 6 heteroatoms. The topological polar surface area (TPSA) is 77.5 Å². The molecule has 2 aromatic heterocycles. The second kappa shape index (κ2) is 5.71. The van der Waals surface area contributed by atoms with Crippen LogP contribution in [0.3, 0.4) is 0 Å². The van der Waals surface area contributed by atoms with E-state index in [0.717, 1.165) is 5.76 Å². The zero-order chi connectivity index (χ0) is 13.8. The Kier molecular flexibility index (Phi) is 4.01. The SMILES string of the molecule is COC(=O)c1ccc(C(C)NCc2ncc(C)o2)o1. The van der Waals surface area contributed by atoms with Gasteiger partial charge in [0.1, 0.15) is 11.5 Å². The standard InChI is InChI=1S/C13H16N2O4/c1-8-6-15-12(18-8)7-14-9(2)10-4-5-11(19-10)13(16)17-3/h4-6,9,14H,7H2,1-3H3. The third kappa shape index (κ3) is 3.23.